The van der Waals surface area contributed by atoms with Gasteiger partial charge in [0.1, 0.15) is 5.82 Å². The van der Waals surface area contributed by atoms with Crippen LogP contribution in [0.2, 0.25) is 0 Å². The number of hydrogen-bond donors (Lipinski definition) is 1. The number of nitrogens with zero attached hydrogens (tertiary/aromatic N) is 2. The van der Waals surface area contributed by atoms with Gasteiger partial charge in [0.25, 0.3) is 5.69 Å². The Morgan fingerprint density at radius 1 is 1.58 bits per heavy atom. The number of nitro groups is 1. The molecule has 1 N–H and O–H groups in total. The number of nitro benzene ring substituents is 1. The molecule has 6 heteroatoms. The number of likely N-dealkylation sites (N-methyl/N-ethyl adjacent to an activating group) is 1. The maximum absolute atomic E-state index is 13.7. The molecule has 2 rings (SSSR count). The van der Waals surface area contributed by atoms with Crippen molar-refractivity contribution >= 4 is 5.69 Å². The van der Waals surface area contributed by atoms with Crippen molar-refractivity contribution < 1.29 is 14.4 Å². The highest BCUT2D eigenvalue weighted by Gasteiger charge is 2.30. The second-order valence-electron chi connectivity index (χ2n) is 5.10. The van der Waals surface area contributed by atoms with Crippen LogP contribution in [0.15, 0.2) is 18.2 Å². The predicted molar refractivity (Wildman–Crippen MR) is 68.1 cm³/mol. The number of hydrogen-bond acceptors (Lipinski definition) is 4. The van der Waals surface area contributed by atoms with Gasteiger partial charge in [-0.05, 0) is 31.9 Å². The lowest BCUT2D eigenvalue weighted by Gasteiger charge is -2.20. The van der Waals surface area contributed by atoms with E-state index in [1.54, 1.807) is 11.9 Å². The highest BCUT2D eigenvalue weighted by molar-refractivity contribution is 5.40. The Hall–Kier alpha value is -1.53. The van der Waals surface area contributed by atoms with Gasteiger partial charge in [0, 0.05) is 19.2 Å². The van der Waals surface area contributed by atoms with Gasteiger partial charge >= 0.3 is 0 Å². The number of rotatable bonds is 6. The van der Waals surface area contributed by atoms with E-state index >= 15 is 0 Å². The van der Waals surface area contributed by atoms with E-state index in [0.29, 0.717) is 12.5 Å². The Balaban J connectivity index is 2.06. The van der Waals surface area contributed by atoms with Crippen molar-refractivity contribution in [3.05, 3.63) is 39.7 Å². The molecule has 1 aliphatic rings. The molecule has 0 bridgehead atoms. The molecule has 1 saturated carbocycles. The molecular weight excluding hydrogens is 251 g/mol. The number of aliphatic hydroxyl groups excluding tert-OH is 1. The molecule has 1 fully saturated rings. The average molecular weight is 268 g/mol. The lowest BCUT2D eigenvalue weighted by molar-refractivity contribution is -0.385. The van der Waals surface area contributed by atoms with Gasteiger partial charge in [0.15, 0.2) is 0 Å². The largest absolute Gasteiger partial charge is 0.392 e. The second-order valence-corrected chi connectivity index (χ2v) is 5.10. The van der Waals surface area contributed by atoms with Crippen LogP contribution in [0.1, 0.15) is 18.4 Å². The minimum atomic E-state index is -0.582. The zero-order valence-corrected chi connectivity index (χ0v) is 10.8. The number of benzene rings is 1. The van der Waals surface area contributed by atoms with Crippen molar-refractivity contribution in [2.75, 3.05) is 13.6 Å². The van der Waals surface area contributed by atoms with Gasteiger partial charge in [-0.1, -0.05) is 6.07 Å². The zero-order valence-electron chi connectivity index (χ0n) is 10.8. The lowest BCUT2D eigenvalue weighted by atomic mass is 10.1. The van der Waals surface area contributed by atoms with E-state index in [-0.39, 0.29) is 17.8 Å². The highest BCUT2D eigenvalue weighted by Crippen LogP contribution is 2.33. The molecule has 1 unspecified atom stereocenters. The summed E-state index contributed by atoms with van der Waals surface area (Å²) in [6.07, 6.45) is 1.61. The molecule has 0 amide bonds. The van der Waals surface area contributed by atoms with Crippen LogP contribution in [0, 0.1) is 21.8 Å². The summed E-state index contributed by atoms with van der Waals surface area (Å²) in [7, 11) is 1.72. The molecule has 0 radical (unpaired) electrons. The third-order valence-corrected chi connectivity index (χ3v) is 3.38. The fourth-order valence-corrected chi connectivity index (χ4v) is 2.16. The quantitative estimate of drug-likeness (QED) is 0.632. The molecule has 1 aromatic carbocycles. The summed E-state index contributed by atoms with van der Waals surface area (Å²) in [5, 5.41) is 20.7. The van der Waals surface area contributed by atoms with Crippen molar-refractivity contribution in [3.8, 4) is 0 Å². The second kappa shape index (κ2) is 5.63. The minimum Gasteiger partial charge on any atom is -0.392 e. The van der Waals surface area contributed by atoms with Crippen LogP contribution >= 0.6 is 0 Å². The first-order chi connectivity index (χ1) is 8.99. The van der Waals surface area contributed by atoms with Crippen LogP contribution in [-0.2, 0) is 6.54 Å². The molecule has 0 spiro atoms. The third kappa shape index (κ3) is 3.48. The van der Waals surface area contributed by atoms with Gasteiger partial charge in [-0.15, -0.1) is 0 Å². The first-order valence-electron chi connectivity index (χ1n) is 6.27. The van der Waals surface area contributed by atoms with Crippen LogP contribution in [-0.4, -0.2) is 34.6 Å². The number of aliphatic hydroxyl groups is 1. The maximum Gasteiger partial charge on any atom is 0.276 e. The Kier molecular flexibility index (Phi) is 4.11. The molecule has 19 heavy (non-hydrogen) atoms. The van der Waals surface area contributed by atoms with Crippen molar-refractivity contribution in [2.24, 2.45) is 5.92 Å². The summed E-state index contributed by atoms with van der Waals surface area (Å²) in [6, 6.07) is 3.84. The van der Waals surface area contributed by atoms with Crippen LogP contribution in [0.3, 0.4) is 0 Å². The standard InChI is InChI=1S/C13H17FN2O3/c1-15(8-13(17)9-5-6-9)7-10-11(14)3-2-4-12(10)16(18)19/h2-4,9,13,17H,5-8H2,1H3. The van der Waals surface area contributed by atoms with E-state index in [2.05, 4.69) is 0 Å². The van der Waals surface area contributed by atoms with Gasteiger partial charge in [0.2, 0.25) is 0 Å². The van der Waals surface area contributed by atoms with E-state index in [1.807, 2.05) is 0 Å². The normalized spacial score (nSPS) is 16.6. The fraction of sp³-hybridized carbons (Fsp3) is 0.538. The van der Waals surface area contributed by atoms with E-state index in [0.717, 1.165) is 12.8 Å². The predicted octanol–water partition coefficient (Wildman–Crippen LogP) is 1.94. The highest BCUT2D eigenvalue weighted by atomic mass is 19.1. The monoisotopic (exact) mass is 268 g/mol. The van der Waals surface area contributed by atoms with Crippen molar-refractivity contribution in [2.45, 2.75) is 25.5 Å². The Labute approximate surface area is 110 Å². The minimum absolute atomic E-state index is 0.0676. The summed E-state index contributed by atoms with van der Waals surface area (Å²) in [5.74, 6) is -0.250. The molecule has 0 heterocycles. The van der Waals surface area contributed by atoms with Crippen LogP contribution in [0.4, 0.5) is 10.1 Å². The molecule has 0 aromatic heterocycles. The Bertz CT molecular complexity index is 477. The third-order valence-electron chi connectivity index (χ3n) is 3.38. The van der Waals surface area contributed by atoms with E-state index in [9.17, 15) is 19.6 Å². The Morgan fingerprint density at radius 2 is 2.26 bits per heavy atom. The van der Waals surface area contributed by atoms with E-state index in [1.165, 1.54) is 18.2 Å². The number of halogens is 1. The van der Waals surface area contributed by atoms with Gasteiger partial charge < -0.3 is 5.11 Å². The van der Waals surface area contributed by atoms with Crippen molar-refractivity contribution in [1.82, 2.24) is 4.90 Å². The molecule has 1 aliphatic carbocycles. The van der Waals surface area contributed by atoms with Gasteiger partial charge in [-0.2, -0.15) is 0 Å². The Morgan fingerprint density at radius 3 is 2.84 bits per heavy atom. The first-order valence-corrected chi connectivity index (χ1v) is 6.27. The fourth-order valence-electron chi connectivity index (χ4n) is 2.16. The van der Waals surface area contributed by atoms with Crippen molar-refractivity contribution in [1.29, 1.82) is 0 Å². The van der Waals surface area contributed by atoms with Crippen LogP contribution < -0.4 is 0 Å². The lowest BCUT2D eigenvalue weighted by Crippen LogP contribution is -2.30. The topological polar surface area (TPSA) is 66.6 Å². The summed E-state index contributed by atoms with van der Waals surface area (Å²) in [4.78, 5) is 12.0. The maximum atomic E-state index is 13.7. The van der Waals surface area contributed by atoms with Crippen LogP contribution in [0.25, 0.3) is 0 Å². The summed E-state index contributed by atoms with van der Waals surface area (Å²) >= 11 is 0. The van der Waals surface area contributed by atoms with E-state index in [4.69, 9.17) is 0 Å². The SMILES string of the molecule is CN(Cc1c(F)cccc1[N+](=O)[O-])CC(O)C1CC1. The average Bonchev–Trinajstić information content (AvgIpc) is 3.15. The molecule has 104 valence electrons. The first kappa shape index (κ1) is 13.9. The molecule has 0 aliphatic heterocycles. The smallest absolute Gasteiger partial charge is 0.276 e. The molecule has 5 nitrogen and oxygen atoms in total. The van der Waals surface area contributed by atoms with Gasteiger partial charge in [0.05, 0.1) is 16.6 Å². The van der Waals surface area contributed by atoms with Crippen LogP contribution in [0.5, 0.6) is 0 Å². The molecule has 1 atom stereocenters. The molecule has 1 aromatic rings. The zero-order chi connectivity index (χ0) is 14.0. The van der Waals surface area contributed by atoms with E-state index < -0.39 is 16.8 Å². The molecule has 0 saturated heterocycles. The summed E-state index contributed by atoms with van der Waals surface area (Å²) < 4.78 is 13.7. The summed E-state index contributed by atoms with van der Waals surface area (Å²) in [6.45, 7) is 0.517. The summed E-state index contributed by atoms with van der Waals surface area (Å²) in [5.41, 5.74) is -0.147. The van der Waals surface area contributed by atoms with Gasteiger partial charge in [-0.3, -0.25) is 15.0 Å². The molecular formula is C13H17FN2O3. The van der Waals surface area contributed by atoms with Crippen molar-refractivity contribution in [3.63, 3.8) is 0 Å². The van der Waals surface area contributed by atoms with Gasteiger partial charge in [-0.25, -0.2) is 4.39 Å².